The zero-order valence-corrected chi connectivity index (χ0v) is 8.38. The van der Waals surface area contributed by atoms with E-state index in [2.05, 4.69) is 18.9 Å². The van der Waals surface area contributed by atoms with Crippen LogP contribution >= 0.6 is 0 Å². The van der Waals surface area contributed by atoms with Gasteiger partial charge in [-0.25, -0.2) is 0 Å². The standard InChI is InChI=1S/C10H21NO/c1-3-4-8-11(2)10-7-5-6-9-12-10/h10H,3-9H2,1-2H3. The first-order valence-corrected chi connectivity index (χ1v) is 5.16. The Morgan fingerprint density at radius 1 is 1.42 bits per heavy atom. The minimum atomic E-state index is 0.408. The van der Waals surface area contributed by atoms with Gasteiger partial charge in [0, 0.05) is 13.2 Å². The van der Waals surface area contributed by atoms with Crippen molar-refractivity contribution in [1.82, 2.24) is 4.90 Å². The molecule has 1 atom stereocenters. The van der Waals surface area contributed by atoms with Crippen molar-refractivity contribution >= 4 is 0 Å². The lowest BCUT2D eigenvalue weighted by molar-refractivity contribution is -0.0751. The van der Waals surface area contributed by atoms with Crippen molar-refractivity contribution in [2.24, 2.45) is 0 Å². The van der Waals surface area contributed by atoms with Crippen LogP contribution in [-0.2, 0) is 4.74 Å². The smallest absolute Gasteiger partial charge is 0.110 e. The third kappa shape index (κ3) is 3.11. The molecule has 0 saturated carbocycles. The molecule has 0 aromatic heterocycles. The molecule has 0 bridgehead atoms. The summed E-state index contributed by atoms with van der Waals surface area (Å²) in [5, 5.41) is 0. The fourth-order valence-corrected chi connectivity index (χ4v) is 1.62. The maximum Gasteiger partial charge on any atom is 0.110 e. The Labute approximate surface area is 75.9 Å². The van der Waals surface area contributed by atoms with Gasteiger partial charge in [0.05, 0.1) is 0 Å². The second-order valence-electron chi connectivity index (χ2n) is 3.66. The van der Waals surface area contributed by atoms with E-state index in [0.717, 1.165) is 6.61 Å². The molecular weight excluding hydrogens is 150 g/mol. The molecule has 0 aromatic rings. The average molecular weight is 171 g/mol. The van der Waals surface area contributed by atoms with E-state index in [0.29, 0.717) is 6.23 Å². The van der Waals surface area contributed by atoms with Gasteiger partial charge in [-0.1, -0.05) is 13.3 Å². The second kappa shape index (κ2) is 5.55. The van der Waals surface area contributed by atoms with E-state index in [-0.39, 0.29) is 0 Å². The van der Waals surface area contributed by atoms with Crippen molar-refractivity contribution in [3.8, 4) is 0 Å². The van der Waals surface area contributed by atoms with Crippen molar-refractivity contribution in [3.63, 3.8) is 0 Å². The molecule has 12 heavy (non-hydrogen) atoms. The molecular formula is C10H21NO. The Balaban J connectivity index is 2.15. The second-order valence-corrected chi connectivity index (χ2v) is 3.66. The number of rotatable bonds is 4. The Kier molecular flexibility index (Phi) is 4.62. The van der Waals surface area contributed by atoms with Crippen molar-refractivity contribution in [1.29, 1.82) is 0 Å². The highest BCUT2D eigenvalue weighted by molar-refractivity contribution is 4.63. The van der Waals surface area contributed by atoms with Gasteiger partial charge in [-0.15, -0.1) is 0 Å². The van der Waals surface area contributed by atoms with Crippen LogP contribution in [0.1, 0.15) is 39.0 Å². The third-order valence-electron chi connectivity index (χ3n) is 2.51. The topological polar surface area (TPSA) is 12.5 Å². The van der Waals surface area contributed by atoms with Crippen LogP contribution in [0.5, 0.6) is 0 Å². The Bertz CT molecular complexity index is 110. The lowest BCUT2D eigenvalue weighted by Gasteiger charge is -2.31. The van der Waals surface area contributed by atoms with Crippen molar-refractivity contribution in [3.05, 3.63) is 0 Å². The fourth-order valence-electron chi connectivity index (χ4n) is 1.62. The van der Waals surface area contributed by atoms with E-state index >= 15 is 0 Å². The highest BCUT2D eigenvalue weighted by Gasteiger charge is 2.17. The molecule has 2 nitrogen and oxygen atoms in total. The van der Waals surface area contributed by atoms with E-state index in [4.69, 9.17) is 4.74 Å². The van der Waals surface area contributed by atoms with Gasteiger partial charge in [0.1, 0.15) is 6.23 Å². The molecule has 2 heteroatoms. The van der Waals surface area contributed by atoms with E-state index in [1.54, 1.807) is 0 Å². The van der Waals surface area contributed by atoms with E-state index in [9.17, 15) is 0 Å². The molecule has 1 aliphatic rings. The van der Waals surface area contributed by atoms with E-state index < -0.39 is 0 Å². The van der Waals surface area contributed by atoms with Gasteiger partial charge in [-0.2, -0.15) is 0 Å². The molecule has 1 aliphatic heterocycles. The van der Waals surface area contributed by atoms with Crippen LogP contribution in [0.15, 0.2) is 0 Å². The lowest BCUT2D eigenvalue weighted by atomic mass is 10.1. The average Bonchev–Trinajstić information content (AvgIpc) is 2.15. The van der Waals surface area contributed by atoms with Gasteiger partial charge in [0.25, 0.3) is 0 Å². The van der Waals surface area contributed by atoms with Crippen LogP contribution in [0.4, 0.5) is 0 Å². The number of hydrogen-bond donors (Lipinski definition) is 0. The highest BCUT2D eigenvalue weighted by Crippen LogP contribution is 2.15. The van der Waals surface area contributed by atoms with Gasteiger partial charge < -0.3 is 4.74 Å². The molecule has 1 fully saturated rings. The maximum atomic E-state index is 5.66. The molecule has 0 radical (unpaired) electrons. The summed E-state index contributed by atoms with van der Waals surface area (Å²) in [5.74, 6) is 0. The first-order valence-electron chi connectivity index (χ1n) is 5.16. The van der Waals surface area contributed by atoms with Gasteiger partial charge >= 0.3 is 0 Å². The normalized spacial score (nSPS) is 24.8. The number of ether oxygens (including phenoxy) is 1. The van der Waals surface area contributed by atoms with Crippen LogP contribution in [0.3, 0.4) is 0 Å². The van der Waals surface area contributed by atoms with Crippen LogP contribution in [-0.4, -0.2) is 31.3 Å². The summed E-state index contributed by atoms with van der Waals surface area (Å²) in [7, 11) is 2.17. The van der Waals surface area contributed by atoms with E-state index in [1.165, 1.54) is 38.6 Å². The van der Waals surface area contributed by atoms with Gasteiger partial charge in [0.2, 0.25) is 0 Å². The summed E-state index contributed by atoms with van der Waals surface area (Å²) < 4.78 is 5.66. The van der Waals surface area contributed by atoms with Gasteiger partial charge in [-0.05, 0) is 32.7 Å². The largest absolute Gasteiger partial charge is 0.363 e. The zero-order valence-electron chi connectivity index (χ0n) is 8.38. The molecule has 1 unspecified atom stereocenters. The SMILES string of the molecule is CCCCN(C)C1CCCCO1. The fraction of sp³-hybridized carbons (Fsp3) is 1.00. The summed E-state index contributed by atoms with van der Waals surface area (Å²) >= 11 is 0. The van der Waals surface area contributed by atoms with Crippen LogP contribution < -0.4 is 0 Å². The van der Waals surface area contributed by atoms with Crippen LogP contribution in [0, 0.1) is 0 Å². The van der Waals surface area contributed by atoms with Crippen molar-refractivity contribution in [2.75, 3.05) is 20.2 Å². The third-order valence-corrected chi connectivity index (χ3v) is 2.51. The van der Waals surface area contributed by atoms with Gasteiger partial charge in [0.15, 0.2) is 0 Å². The Morgan fingerprint density at radius 2 is 2.25 bits per heavy atom. The molecule has 72 valence electrons. The zero-order chi connectivity index (χ0) is 8.81. The van der Waals surface area contributed by atoms with Crippen molar-refractivity contribution < 1.29 is 4.74 Å². The predicted octanol–water partition coefficient (Wildman–Crippen LogP) is 2.24. The monoisotopic (exact) mass is 171 g/mol. The first kappa shape index (κ1) is 10.0. The van der Waals surface area contributed by atoms with Crippen molar-refractivity contribution in [2.45, 2.75) is 45.3 Å². The minimum absolute atomic E-state index is 0.408. The molecule has 0 amide bonds. The Hall–Kier alpha value is -0.0800. The maximum absolute atomic E-state index is 5.66. The van der Waals surface area contributed by atoms with Crippen LogP contribution in [0.25, 0.3) is 0 Å². The molecule has 1 saturated heterocycles. The summed E-state index contributed by atoms with van der Waals surface area (Å²) in [6, 6.07) is 0. The quantitative estimate of drug-likeness (QED) is 0.643. The molecule has 1 heterocycles. The summed E-state index contributed by atoms with van der Waals surface area (Å²) in [6.07, 6.45) is 6.78. The highest BCUT2D eigenvalue weighted by atomic mass is 16.5. The number of hydrogen-bond acceptors (Lipinski definition) is 2. The summed E-state index contributed by atoms with van der Waals surface area (Å²) in [4.78, 5) is 2.35. The predicted molar refractivity (Wildman–Crippen MR) is 51.1 cm³/mol. The number of nitrogens with zero attached hydrogens (tertiary/aromatic N) is 1. The molecule has 1 rings (SSSR count). The Morgan fingerprint density at radius 3 is 2.83 bits per heavy atom. The lowest BCUT2D eigenvalue weighted by Crippen LogP contribution is -2.37. The molecule has 0 aromatic carbocycles. The van der Waals surface area contributed by atoms with Crippen LogP contribution in [0.2, 0.25) is 0 Å². The minimum Gasteiger partial charge on any atom is -0.363 e. The van der Waals surface area contributed by atoms with E-state index in [1.807, 2.05) is 0 Å². The molecule has 0 N–H and O–H groups in total. The summed E-state index contributed by atoms with van der Waals surface area (Å²) in [6.45, 7) is 4.37. The summed E-state index contributed by atoms with van der Waals surface area (Å²) in [5.41, 5.74) is 0. The molecule has 0 aliphatic carbocycles. The molecule has 0 spiro atoms. The first-order chi connectivity index (χ1) is 5.84. The van der Waals surface area contributed by atoms with Gasteiger partial charge in [-0.3, -0.25) is 4.90 Å². The number of unbranched alkanes of at least 4 members (excludes halogenated alkanes) is 1.